The molecule has 2 fully saturated rings. The number of nitrogens with one attached hydrogen (secondary N) is 3. The third-order valence-corrected chi connectivity index (χ3v) is 6.69. The summed E-state index contributed by atoms with van der Waals surface area (Å²) in [6.07, 6.45) is 7.52. The first-order valence-corrected chi connectivity index (χ1v) is 12.0. The van der Waals surface area contributed by atoms with Crippen LogP contribution >= 0.6 is 11.5 Å². The van der Waals surface area contributed by atoms with E-state index in [1.54, 1.807) is 0 Å². The van der Waals surface area contributed by atoms with Crippen molar-refractivity contribution in [1.29, 1.82) is 0 Å². The molecule has 1 atom stereocenters. The van der Waals surface area contributed by atoms with E-state index in [4.69, 9.17) is 4.98 Å². The Kier molecular flexibility index (Phi) is 5.95. The van der Waals surface area contributed by atoms with Gasteiger partial charge in [0.15, 0.2) is 11.6 Å². The predicted molar refractivity (Wildman–Crippen MR) is 129 cm³/mol. The van der Waals surface area contributed by atoms with Gasteiger partial charge in [0, 0.05) is 36.5 Å². The lowest BCUT2D eigenvalue weighted by molar-refractivity contribution is -0.105. The quantitative estimate of drug-likeness (QED) is 0.367. The molecule has 1 saturated heterocycles. The van der Waals surface area contributed by atoms with E-state index in [9.17, 15) is 4.79 Å². The number of hydrogen-bond acceptors (Lipinski definition) is 8. The number of amides is 1. The number of aryl methyl sites for hydroxylation is 1. The molecule has 1 aliphatic carbocycles. The Morgan fingerprint density at radius 3 is 2.85 bits per heavy atom. The minimum absolute atomic E-state index is 0.484. The molecule has 10 nitrogen and oxygen atoms in total. The van der Waals surface area contributed by atoms with Crippen LogP contribution in [0.3, 0.4) is 0 Å². The van der Waals surface area contributed by atoms with Gasteiger partial charge in [-0.2, -0.15) is 14.5 Å². The van der Waals surface area contributed by atoms with Crippen LogP contribution in [0.2, 0.25) is 0 Å². The fourth-order valence-electron chi connectivity index (χ4n) is 3.98. The molecule has 1 amide bonds. The van der Waals surface area contributed by atoms with Gasteiger partial charge in [0.25, 0.3) is 0 Å². The summed E-state index contributed by atoms with van der Waals surface area (Å²) in [5.74, 6) is 3.06. The van der Waals surface area contributed by atoms with Gasteiger partial charge in [-0.25, -0.2) is 4.52 Å². The SMILES string of the molecule is CC1CCCN1c1nc(Nc2cc(C3CC3)[nH]n2)c2cccn2n1.Cc1cc(NC=O)sn1. The lowest BCUT2D eigenvalue weighted by Crippen LogP contribution is -2.29. The molecule has 0 bridgehead atoms. The fourth-order valence-corrected chi connectivity index (χ4v) is 4.60. The van der Waals surface area contributed by atoms with Crippen molar-refractivity contribution in [2.75, 3.05) is 22.1 Å². The summed E-state index contributed by atoms with van der Waals surface area (Å²) in [7, 11) is 0. The monoisotopic (exact) mass is 465 g/mol. The van der Waals surface area contributed by atoms with Gasteiger partial charge >= 0.3 is 0 Å². The van der Waals surface area contributed by atoms with Crippen LogP contribution < -0.4 is 15.5 Å². The Balaban J connectivity index is 0.000000215. The molecule has 172 valence electrons. The first-order chi connectivity index (χ1) is 16.1. The summed E-state index contributed by atoms with van der Waals surface area (Å²) in [5, 5.41) is 18.9. The van der Waals surface area contributed by atoms with Crippen molar-refractivity contribution in [2.45, 2.75) is 51.5 Å². The Morgan fingerprint density at radius 2 is 2.15 bits per heavy atom. The van der Waals surface area contributed by atoms with Crippen molar-refractivity contribution >= 4 is 46.0 Å². The maximum Gasteiger partial charge on any atom is 0.245 e. The van der Waals surface area contributed by atoms with E-state index in [1.807, 2.05) is 35.8 Å². The van der Waals surface area contributed by atoms with Crippen LogP contribution in [0.1, 0.15) is 49.9 Å². The molecule has 0 aromatic carbocycles. The molecule has 4 aromatic heterocycles. The number of carbonyl (C=O) groups excluding carboxylic acids is 1. The van der Waals surface area contributed by atoms with Gasteiger partial charge < -0.3 is 15.5 Å². The highest BCUT2D eigenvalue weighted by Crippen LogP contribution is 2.39. The van der Waals surface area contributed by atoms with Gasteiger partial charge in [0.1, 0.15) is 10.5 Å². The molecule has 5 heterocycles. The van der Waals surface area contributed by atoms with Crippen LogP contribution in [0.25, 0.3) is 5.52 Å². The van der Waals surface area contributed by atoms with E-state index in [0.29, 0.717) is 18.4 Å². The highest BCUT2D eigenvalue weighted by Gasteiger charge is 2.26. The highest BCUT2D eigenvalue weighted by atomic mass is 32.1. The Bertz CT molecular complexity index is 1240. The standard InChI is InChI=1S/C17H21N7.C5H6N2OS/c1-11-4-2-8-23(11)17-19-16(14-5-3-9-24(14)22-17)18-15-10-13(20-21-15)12-6-7-12;1-4-2-5(6-3-8)9-7-4/h3,5,9-12H,2,4,6-8H2,1H3,(H2,18,19,20,21,22);2-3H,1H3,(H,6,8). The first-order valence-electron chi connectivity index (χ1n) is 11.2. The molecule has 2 aliphatic rings. The second-order valence-electron chi connectivity index (χ2n) is 8.49. The second-order valence-corrected chi connectivity index (χ2v) is 9.29. The van der Waals surface area contributed by atoms with E-state index in [0.717, 1.165) is 40.3 Å². The average Bonchev–Trinajstić information content (AvgIpc) is 3.19. The maximum atomic E-state index is 9.85. The number of nitrogens with zero attached hydrogens (tertiary/aromatic N) is 6. The molecule has 1 aliphatic heterocycles. The van der Waals surface area contributed by atoms with Crippen molar-refractivity contribution in [3.8, 4) is 0 Å². The number of aromatic amines is 1. The molecule has 0 spiro atoms. The number of hydrogen-bond donors (Lipinski definition) is 3. The smallest absolute Gasteiger partial charge is 0.245 e. The molecule has 3 N–H and O–H groups in total. The molecule has 0 radical (unpaired) electrons. The summed E-state index contributed by atoms with van der Waals surface area (Å²) in [6, 6.07) is 8.41. The minimum atomic E-state index is 0.484. The molecular formula is C22H27N9OS. The molecule has 1 saturated carbocycles. The van der Waals surface area contributed by atoms with E-state index < -0.39 is 0 Å². The largest absolute Gasteiger partial charge is 0.337 e. The normalized spacial score (nSPS) is 17.6. The number of rotatable bonds is 6. The van der Waals surface area contributed by atoms with Gasteiger partial charge in [0.2, 0.25) is 12.4 Å². The minimum Gasteiger partial charge on any atom is -0.337 e. The summed E-state index contributed by atoms with van der Waals surface area (Å²) >= 11 is 1.28. The van der Waals surface area contributed by atoms with Crippen molar-refractivity contribution in [1.82, 2.24) is 29.2 Å². The van der Waals surface area contributed by atoms with Crippen molar-refractivity contribution in [3.63, 3.8) is 0 Å². The van der Waals surface area contributed by atoms with Gasteiger partial charge in [-0.1, -0.05) is 0 Å². The van der Waals surface area contributed by atoms with Crippen LogP contribution in [-0.4, -0.2) is 48.2 Å². The summed E-state index contributed by atoms with van der Waals surface area (Å²) in [6.45, 7) is 5.13. The number of carbonyl (C=O) groups is 1. The molecular weight excluding hydrogens is 438 g/mol. The lowest BCUT2D eigenvalue weighted by Gasteiger charge is -2.21. The third-order valence-electron chi connectivity index (χ3n) is 5.88. The first kappa shape index (κ1) is 21.4. The number of fused-ring (bicyclic) bond motifs is 1. The van der Waals surface area contributed by atoms with Crippen LogP contribution in [0.15, 0.2) is 30.5 Å². The zero-order valence-corrected chi connectivity index (χ0v) is 19.5. The third kappa shape index (κ3) is 4.82. The summed E-state index contributed by atoms with van der Waals surface area (Å²) in [4.78, 5) is 16.9. The Morgan fingerprint density at radius 1 is 1.27 bits per heavy atom. The lowest BCUT2D eigenvalue weighted by atomic mass is 10.2. The second kappa shape index (κ2) is 9.18. The van der Waals surface area contributed by atoms with Crippen LogP contribution in [-0.2, 0) is 4.79 Å². The zero-order chi connectivity index (χ0) is 22.8. The predicted octanol–water partition coefficient (Wildman–Crippen LogP) is 4.08. The van der Waals surface area contributed by atoms with Crippen LogP contribution in [0.4, 0.5) is 22.6 Å². The van der Waals surface area contributed by atoms with Gasteiger partial charge in [-0.15, -0.1) is 5.10 Å². The number of anilines is 4. The number of H-pyrrole nitrogens is 1. The maximum absolute atomic E-state index is 9.85. The summed E-state index contributed by atoms with van der Waals surface area (Å²) < 4.78 is 5.85. The van der Waals surface area contributed by atoms with Gasteiger partial charge in [-0.3, -0.25) is 9.89 Å². The van der Waals surface area contributed by atoms with E-state index in [-0.39, 0.29) is 0 Å². The molecule has 33 heavy (non-hydrogen) atoms. The topological polar surface area (TPSA) is 116 Å². The molecule has 4 aromatic rings. The van der Waals surface area contributed by atoms with Crippen molar-refractivity contribution in [3.05, 3.63) is 41.9 Å². The molecule has 11 heteroatoms. The summed E-state index contributed by atoms with van der Waals surface area (Å²) in [5.41, 5.74) is 3.11. The molecule has 6 rings (SSSR count). The van der Waals surface area contributed by atoms with Gasteiger partial charge in [-0.05, 0) is 69.3 Å². The molecule has 1 unspecified atom stereocenters. The van der Waals surface area contributed by atoms with Crippen LogP contribution in [0.5, 0.6) is 0 Å². The van der Waals surface area contributed by atoms with Crippen molar-refractivity contribution in [2.24, 2.45) is 0 Å². The zero-order valence-electron chi connectivity index (χ0n) is 18.7. The van der Waals surface area contributed by atoms with Crippen molar-refractivity contribution < 1.29 is 4.79 Å². The Hall–Kier alpha value is -3.47. The highest BCUT2D eigenvalue weighted by molar-refractivity contribution is 7.10. The van der Waals surface area contributed by atoms with Gasteiger partial charge in [0.05, 0.1) is 5.69 Å². The fraction of sp³-hybridized carbons (Fsp3) is 0.409. The van der Waals surface area contributed by atoms with E-state index >= 15 is 0 Å². The van der Waals surface area contributed by atoms with E-state index in [1.165, 1.54) is 42.9 Å². The average molecular weight is 466 g/mol. The Labute approximate surface area is 195 Å². The van der Waals surface area contributed by atoms with E-state index in [2.05, 4.69) is 48.2 Å². The van der Waals surface area contributed by atoms with Crippen LogP contribution in [0, 0.1) is 6.92 Å². The number of aromatic nitrogens is 6.